The van der Waals surface area contributed by atoms with Crippen LogP contribution >= 0.6 is 0 Å². The van der Waals surface area contributed by atoms with Crippen molar-refractivity contribution < 1.29 is 13.2 Å². The number of rotatable bonds is 4. The van der Waals surface area contributed by atoms with Crippen LogP contribution in [0.4, 0.5) is 13.2 Å². The molecule has 0 fully saturated rings. The third-order valence-corrected chi connectivity index (χ3v) is 1.99. The van der Waals surface area contributed by atoms with Crippen LogP contribution in [0.15, 0.2) is 0 Å². The summed E-state index contributed by atoms with van der Waals surface area (Å²) in [7, 11) is 0. The maximum atomic E-state index is 12.6. The van der Waals surface area contributed by atoms with Crippen molar-refractivity contribution in [3.8, 4) is 0 Å². The normalized spacial score (nSPS) is 12.1. The van der Waals surface area contributed by atoms with Crippen LogP contribution in [0.1, 0.15) is 31.2 Å². The standard InChI is InChI=1S/C8H13F3N4/c1-2-3-4-15-7(8(9,10)11)6(5-12)13-14-15/h2-5,12H2,1H3. The first kappa shape index (κ1) is 12.0. The van der Waals surface area contributed by atoms with E-state index < -0.39 is 11.9 Å². The number of unbranched alkanes of at least 4 members (excludes halogenated alkanes) is 1. The molecule has 0 aliphatic rings. The van der Waals surface area contributed by atoms with E-state index in [1.165, 1.54) is 0 Å². The lowest BCUT2D eigenvalue weighted by atomic mass is 10.3. The van der Waals surface area contributed by atoms with Gasteiger partial charge in [0, 0.05) is 13.1 Å². The molecule has 1 heterocycles. The number of nitrogens with two attached hydrogens (primary N) is 1. The third kappa shape index (κ3) is 2.68. The Bertz CT molecular complexity index is 318. The Kier molecular flexibility index (Phi) is 3.67. The molecule has 0 bridgehead atoms. The Morgan fingerprint density at radius 1 is 1.40 bits per heavy atom. The molecule has 0 atom stereocenters. The van der Waals surface area contributed by atoms with E-state index in [9.17, 15) is 13.2 Å². The first-order chi connectivity index (χ1) is 7.00. The molecule has 1 rings (SSSR count). The van der Waals surface area contributed by atoms with Gasteiger partial charge in [-0.2, -0.15) is 13.2 Å². The van der Waals surface area contributed by atoms with Gasteiger partial charge in [0.2, 0.25) is 0 Å². The van der Waals surface area contributed by atoms with E-state index in [0.717, 1.165) is 11.1 Å². The number of hydrogen-bond acceptors (Lipinski definition) is 3. The lowest BCUT2D eigenvalue weighted by Gasteiger charge is -2.09. The Balaban J connectivity index is 3.01. The summed E-state index contributed by atoms with van der Waals surface area (Å²) in [5, 5.41) is 6.88. The first-order valence-electron chi connectivity index (χ1n) is 4.70. The lowest BCUT2D eigenvalue weighted by Crippen LogP contribution is -2.17. The van der Waals surface area contributed by atoms with E-state index in [2.05, 4.69) is 10.3 Å². The zero-order valence-corrected chi connectivity index (χ0v) is 8.38. The van der Waals surface area contributed by atoms with E-state index in [1.807, 2.05) is 6.92 Å². The molecular formula is C8H13F3N4. The van der Waals surface area contributed by atoms with Gasteiger partial charge >= 0.3 is 6.18 Å². The van der Waals surface area contributed by atoms with Crippen molar-refractivity contribution in [2.75, 3.05) is 0 Å². The quantitative estimate of drug-likeness (QED) is 0.840. The number of aromatic nitrogens is 3. The fourth-order valence-electron chi connectivity index (χ4n) is 1.26. The van der Waals surface area contributed by atoms with Gasteiger partial charge in [-0.3, -0.25) is 0 Å². The number of alkyl halides is 3. The molecule has 7 heteroatoms. The fourth-order valence-corrected chi connectivity index (χ4v) is 1.26. The van der Waals surface area contributed by atoms with Crippen molar-refractivity contribution in [1.82, 2.24) is 15.0 Å². The van der Waals surface area contributed by atoms with Crippen molar-refractivity contribution in [1.29, 1.82) is 0 Å². The molecule has 2 N–H and O–H groups in total. The molecule has 0 aliphatic heterocycles. The smallest absolute Gasteiger partial charge is 0.325 e. The van der Waals surface area contributed by atoms with Crippen LogP contribution < -0.4 is 5.73 Å². The van der Waals surface area contributed by atoms with Gasteiger partial charge < -0.3 is 5.73 Å². The minimum absolute atomic E-state index is 0.196. The zero-order chi connectivity index (χ0) is 11.5. The summed E-state index contributed by atoms with van der Waals surface area (Å²) in [6, 6.07) is 0. The average molecular weight is 222 g/mol. The molecule has 15 heavy (non-hydrogen) atoms. The van der Waals surface area contributed by atoms with Crippen LogP contribution in [0, 0.1) is 0 Å². The second-order valence-corrected chi connectivity index (χ2v) is 3.16. The Morgan fingerprint density at radius 3 is 2.53 bits per heavy atom. The average Bonchev–Trinajstić information content (AvgIpc) is 2.56. The second-order valence-electron chi connectivity index (χ2n) is 3.16. The molecule has 0 amide bonds. The molecule has 0 radical (unpaired) electrons. The summed E-state index contributed by atoms with van der Waals surface area (Å²) < 4.78 is 38.7. The van der Waals surface area contributed by atoms with Gasteiger partial charge in [-0.15, -0.1) is 5.10 Å². The van der Waals surface area contributed by atoms with Gasteiger partial charge in [-0.05, 0) is 6.42 Å². The van der Waals surface area contributed by atoms with Gasteiger partial charge in [-0.25, -0.2) is 4.68 Å². The van der Waals surface area contributed by atoms with Crippen LogP contribution in [0.25, 0.3) is 0 Å². The highest BCUT2D eigenvalue weighted by atomic mass is 19.4. The predicted octanol–water partition coefficient (Wildman–Crippen LogP) is 1.56. The molecule has 1 aromatic rings. The Labute approximate surface area is 85.3 Å². The van der Waals surface area contributed by atoms with Gasteiger partial charge in [-0.1, -0.05) is 18.6 Å². The first-order valence-corrected chi connectivity index (χ1v) is 4.70. The molecule has 0 saturated carbocycles. The molecule has 4 nitrogen and oxygen atoms in total. The number of halogens is 3. The molecule has 1 aromatic heterocycles. The van der Waals surface area contributed by atoms with Gasteiger partial charge in [0.1, 0.15) is 5.69 Å². The van der Waals surface area contributed by atoms with Gasteiger partial charge in [0.15, 0.2) is 5.69 Å². The number of aryl methyl sites for hydroxylation is 1. The highest BCUT2D eigenvalue weighted by molar-refractivity contribution is 5.13. The van der Waals surface area contributed by atoms with Crippen LogP contribution in [-0.2, 0) is 19.3 Å². The molecule has 86 valence electrons. The number of hydrogen-bond donors (Lipinski definition) is 1. The van der Waals surface area contributed by atoms with E-state index in [1.54, 1.807) is 0 Å². The highest BCUT2D eigenvalue weighted by Gasteiger charge is 2.38. The molecule has 0 unspecified atom stereocenters. The molecule has 0 saturated heterocycles. The van der Waals surface area contributed by atoms with E-state index >= 15 is 0 Å². The molecule has 0 aliphatic carbocycles. The maximum Gasteiger partial charge on any atom is 0.434 e. The Morgan fingerprint density at radius 2 is 2.07 bits per heavy atom. The van der Waals surface area contributed by atoms with Crippen LogP contribution in [-0.4, -0.2) is 15.0 Å². The van der Waals surface area contributed by atoms with E-state index in [4.69, 9.17) is 5.73 Å². The predicted molar refractivity (Wildman–Crippen MR) is 47.8 cm³/mol. The molecule has 0 spiro atoms. The topological polar surface area (TPSA) is 56.7 Å². The van der Waals surface area contributed by atoms with Crippen molar-refractivity contribution >= 4 is 0 Å². The zero-order valence-electron chi connectivity index (χ0n) is 8.38. The Hall–Kier alpha value is -1.11. The van der Waals surface area contributed by atoms with Crippen molar-refractivity contribution in [3.63, 3.8) is 0 Å². The summed E-state index contributed by atoms with van der Waals surface area (Å²) >= 11 is 0. The second kappa shape index (κ2) is 4.61. The van der Waals surface area contributed by atoms with E-state index in [0.29, 0.717) is 6.42 Å². The maximum absolute atomic E-state index is 12.6. The van der Waals surface area contributed by atoms with Crippen molar-refractivity contribution in [2.24, 2.45) is 5.73 Å². The molecular weight excluding hydrogens is 209 g/mol. The summed E-state index contributed by atoms with van der Waals surface area (Å²) in [6.45, 7) is 1.87. The van der Waals surface area contributed by atoms with Crippen molar-refractivity contribution in [2.45, 2.75) is 39.0 Å². The van der Waals surface area contributed by atoms with Crippen LogP contribution in [0.3, 0.4) is 0 Å². The largest absolute Gasteiger partial charge is 0.434 e. The summed E-state index contributed by atoms with van der Waals surface area (Å²) in [5.41, 5.74) is 4.16. The van der Waals surface area contributed by atoms with Gasteiger partial charge in [0.25, 0.3) is 0 Å². The summed E-state index contributed by atoms with van der Waals surface area (Å²) in [6.07, 6.45) is -3.00. The fraction of sp³-hybridized carbons (Fsp3) is 0.750. The summed E-state index contributed by atoms with van der Waals surface area (Å²) in [4.78, 5) is 0. The van der Waals surface area contributed by atoms with Gasteiger partial charge in [0.05, 0.1) is 0 Å². The minimum atomic E-state index is -4.44. The van der Waals surface area contributed by atoms with Crippen LogP contribution in [0.2, 0.25) is 0 Å². The van der Waals surface area contributed by atoms with Crippen molar-refractivity contribution in [3.05, 3.63) is 11.4 Å². The van der Waals surface area contributed by atoms with Crippen LogP contribution in [0.5, 0.6) is 0 Å². The van der Waals surface area contributed by atoms with E-state index in [-0.39, 0.29) is 18.8 Å². The highest BCUT2D eigenvalue weighted by Crippen LogP contribution is 2.30. The minimum Gasteiger partial charge on any atom is -0.325 e. The SMILES string of the molecule is CCCCn1nnc(CN)c1C(F)(F)F. The monoisotopic (exact) mass is 222 g/mol. The number of nitrogens with zero attached hydrogens (tertiary/aromatic N) is 3. The lowest BCUT2D eigenvalue weighted by molar-refractivity contribution is -0.144. The summed E-state index contributed by atoms with van der Waals surface area (Å²) in [5.74, 6) is 0. The molecule has 0 aromatic carbocycles. The third-order valence-electron chi connectivity index (χ3n) is 1.99.